The first-order valence-electron chi connectivity index (χ1n) is 8.60. The summed E-state index contributed by atoms with van der Waals surface area (Å²) in [5, 5.41) is 2.72. The minimum Gasteiger partial charge on any atom is -0.492 e. The summed E-state index contributed by atoms with van der Waals surface area (Å²) >= 11 is 0. The van der Waals surface area contributed by atoms with Gasteiger partial charge in [0, 0.05) is 18.7 Å². The maximum atomic E-state index is 12.9. The maximum Gasteiger partial charge on any atom is 0.251 e. The number of benzene rings is 1. The largest absolute Gasteiger partial charge is 0.492 e. The third-order valence-corrected chi connectivity index (χ3v) is 6.11. The van der Waals surface area contributed by atoms with Gasteiger partial charge in [0.05, 0.1) is 19.4 Å². The highest BCUT2D eigenvalue weighted by atomic mass is 32.2. The summed E-state index contributed by atoms with van der Waals surface area (Å²) in [6, 6.07) is 7.97. The predicted octanol–water partition coefficient (Wildman–Crippen LogP) is 2.39. The topological polar surface area (TPSA) is 88.8 Å². The Hall–Kier alpha value is -2.32. The molecule has 0 bridgehead atoms. The van der Waals surface area contributed by atoms with Crippen molar-refractivity contribution in [3.05, 3.63) is 47.9 Å². The van der Waals surface area contributed by atoms with Gasteiger partial charge in [-0.2, -0.15) is 4.31 Å². The lowest BCUT2D eigenvalue weighted by Crippen LogP contribution is -2.29. The second-order valence-corrected chi connectivity index (χ2v) is 7.87. The highest BCUT2D eigenvalue weighted by Gasteiger charge is 2.30. The van der Waals surface area contributed by atoms with Crippen LogP contribution in [0.2, 0.25) is 0 Å². The average molecular weight is 378 g/mol. The molecule has 1 fully saturated rings. The van der Waals surface area contributed by atoms with Crippen molar-refractivity contribution in [1.82, 2.24) is 9.62 Å². The van der Waals surface area contributed by atoms with E-state index in [9.17, 15) is 13.2 Å². The Morgan fingerprint density at radius 3 is 2.69 bits per heavy atom. The Morgan fingerprint density at radius 1 is 1.27 bits per heavy atom. The number of carbonyl (C=O) groups is 1. The second kappa shape index (κ2) is 7.92. The molecule has 0 unspecified atom stereocenters. The third kappa shape index (κ3) is 3.91. The molecule has 0 aliphatic carbocycles. The van der Waals surface area contributed by atoms with Gasteiger partial charge >= 0.3 is 0 Å². The Labute approximate surface area is 153 Å². The highest BCUT2D eigenvalue weighted by molar-refractivity contribution is 7.89. The lowest BCUT2D eigenvalue weighted by Gasteiger charge is -2.18. The Balaban J connectivity index is 1.86. The fourth-order valence-electron chi connectivity index (χ4n) is 2.88. The van der Waals surface area contributed by atoms with Crippen LogP contribution in [0.4, 0.5) is 0 Å². The van der Waals surface area contributed by atoms with Crippen molar-refractivity contribution in [1.29, 1.82) is 0 Å². The SMILES string of the molecule is CCOc1ccc(C(=O)NCc2ccco2)cc1S(=O)(=O)N1CCCC1. The van der Waals surface area contributed by atoms with Gasteiger partial charge in [-0.25, -0.2) is 8.42 Å². The number of hydrogen-bond donors (Lipinski definition) is 1. The normalized spacial score (nSPS) is 15.1. The summed E-state index contributed by atoms with van der Waals surface area (Å²) < 4.78 is 38.0. The molecule has 2 heterocycles. The number of ether oxygens (including phenoxy) is 1. The zero-order chi connectivity index (χ0) is 18.6. The number of nitrogens with zero attached hydrogens (tertiary/aromatic N) is 1. The van der Waals surface area contributed by atoms with Crippen LogP contribution in [0.5, 0.6) is 5.75 Å². The van der Waals surface area contributed by atoms with Gasteiger partial charge in [0.2, 0.25) is 10.0 Å². The molecule has 1 amide bonds. The molecule has 0 saturated carbocycles. The molecular formula is C18H22N2O5S. The Morgan fingerprint density at radius 2 is 2.04 bits per heavy atom. The van der Waals surface area contributed by atoms with Crippen molar-refractivity contribution in [2.24, 2.45) is 0 Å². The minimum atomic E-state index is -3.70. The van der Waals surface area contributed by atoms with Crippen LogP contribution >= 0.6 is 0 Å². The maximum absolute atomic E-state index is 12.9. The van der Waals surface area contributed by atoms with Crippen molar-refractivity contribution >= 4 is 15.9 Å². The number of rotatable bonds is 7. The van der Waals surface area contributed by atoms with Crippen LogP contribution in [0.3, 0.4) is 0 Å². The van der Waals surface area contributed by atoms with Gasteiger partial charge in [0.15, 0.2) is 0 Å². The number of sulfonamides is 1. The minimum absolute atomic E-state index is 0.0342. The zero-order valence-electron chi connectivity index (χ0n) is 14.6. The molecule has 1 aromatic heterocycles. The summed E-state index contributed by atoms with van der Waals surface area (Å²) in [5.41, 5.74) is 0.262. The van der Waals surface area contributed by atoms with Crippen molar-refractivity contribution in [3.63, 3.8) is 0 Å². The molecule has 140 valence electrons. The molecular weight excluding hydrogens is 356 g/mol. The standard InChI is InChI=1S/C18H22N2O5S/c1-2-24-16-8-7-14(18(21)19-13-15-6-5-11-25-15)12-17(16)26(22,23)20-9-3-4-10-20/h5-8,11-12H,2-4,9-10,13H2,1H3,(H,19,21). The Kier molecular flexibility index (Phi) is 5.63. The fourth-order valence-corrected chi connectivity index (χ4v) is 4.55. The average Bonchev–Trinajstić information content (AvgIpc) is 3.34. The lowest BCUT2D eigenvalue weighted by atomic mass is 10.2. The summed E-state index contributed by atoms with van der Waals surface area (Å²) in [6.07, 6.45) is 3.21. The Bertz CT molecular complexity index is 856. The molecule has 26 heavy (non-hydrogen) atoms. The summed E-state index contributed by atoms with van der Waals surface area (Å²) in [5.74, 6) is 0.513. The van der Waals surface area contributed by atoms with Gasteiger partial charge in [0.1, 0.15) is 16.4 Å². The zero-order valence-corrected chi connectivity index (χ0v) is 15.4. The van der Waals surface area contributed by atoms with Gasteiger partial charge in [-0.3, -0.25) is 4.79 Å². The van der Waals surface area contributed by atoms with Crippen LogP contribution in [0.1, 0.15) is 35.9 Å². The number of furan rings is 1. The molecule has 1 aliphatic heterocycles. The van der Waals surface area contributed by atoms with E-state index < -0.39 is 10.0 Å². The van der Waals surface area contributed by atoms with E-state index >= 15 is 0 Å². The molecule has 1 aliphatic rings. The highest BCUT2D eigenvalue weighted by Crippen LogP contribution is 2.30. The van der Waals surface area contributed by atoms with E-state index in [1.54, 1.807) is 25.1 Å². The molecule has 1 N–H and O–H groups in total. The fraction of sp³-hybridized carbons (Fsp3) is 0.389. The number of hydrogen-bond acceptors (Lipinski definition) is 5. The lowest BCUT2D eigenvalue weighted by molar-refractivity contribution is 0.0947. The van der Waals surface area contributed by atoms with E-state index in [0.29, 0.717) is 25.5 Å². The van der Waals surface area contributed by atoms with Crippen LogP contribution in [0.25, 0.3) is 0 Å². The van der Waals surface area contributed by atoms with Crippen molar-refractivity contribution in [3.8, 4) is 5.75 Å². The smallest absolute Gasteiger partial charge is 0.251 e. The van der Waals surface area contributed by atoms with E-state index in [-0.39, 0.29) is 28.7 Å². The quantitative estimate of drug-likeness (QED) is 0.799. The molecule has 2 aromatic rings. The second-order valence-electron chi connectivity index (χ2n) is 5.97. The predicted molar refractivity (Wildman–Crippen MR) is 95.5 cm³/mol. The van der Waals surface area contributed by atoms with Crippen molar-refractivity contribution < 1.29 is 22.4 Å². The summed E-state index contributed by atoms with van der Waals surface area (Å²) in [4.78, 5) is 12.4. The molecule has 7 nitrogen and oxygen atoms in total. The van der Waals surface area contributed by atoms with Crippen LogP contribution < -0.4 is 10.1 Å². The molecule has 3 rings (SSSR count). The third-order valence-electron chi connectivity index (χ3n) is 4.19. The van der Waals surface area contributed by atoms with E-state index in [4.69, 9.17) is 9.15 Å². The monoisotopic (exact) mass is 378 g/mol. The van der Waals surface area contributed by atoms with Gasteiger partial charge < -0.3 is 14.5 Å². The first kappa shape index (κ1) is 18.5. The van der Waals surface area contributed by atoms with E-state index in [1.807, 2.05) is 0 Å². The first-order valence-corrected chi connectivity index (χ1v) is 10.0. The van der Waals surface area contributed by atoms with Crippen molar-refractivity contribution in [2.45, 2.75) is 31.2 Å². The van der Waals surface area contributed by atoms with Gasteiger partial charge in [-0.05, 0) is 50.1 Å². The van der Waals surface area contributed by atoms with E-state index in [1.165, 1.54) is 22.7 Å². The molecule has 0 spiro atoms. The molecule has 0 radical (unpaired) electrons. The first-order chi connectivity index (χ1) is 12.5. The molecule has 1 aromatic carbocycles. The van der Waals surface area contributed by atoms with Crippen LogP contribution in [-0.4, -0.2) is 38.3 Å². The molecule has 8 heteroatoms. The van der Waals surface area contributed by atoms with Crippen LogP contribution in [0, 0.1) is 0 Å². The van der Waals surface area contributed by atoms with E-state index in [2.05, 4.69) is 5.32 Å². The van der Waals surface area contributed by atoms with E-state index in [0.717, 1.165) is 12.8 Å². The van der Waals surface area contributed by atoms with Crippen LogP contribution in [0.15, 0.2) is 45.9 Å². The number of nitrogens with one attached hydrogen (secondary N) is 1. The molecule has 0 atom stereocenters. The number of carbonyl (C=O) groups excluding carboxylic acids is 1. The van der Waals surface area contributed by atoms with Gasteiger partial charge in [0.25, 0.3) is 5.91 Å². The van der Waals surface area contributed by atoms with Gasteiger partial charge in [-0.15, -0.1) is 0 Å². The van der Waals surface area contributed by atoms with Crippen LogP contribution in [-0.2, 0) is 16.6 Å². The summed E-state index contributed by atoms with van der Waals surface area (Å²) in [7, 11) is -3.70. The molecule has 1 saturated heterocycles. The summed E-state index contributed by atoms with van der Waals surface area (Å²) in [6.45, 7) is 3.33. The van der Waals surface area contributed by atoms with Gasteiger partial charge in [-0.1, -0.05) is 0 Å². The van der Waals surface area contributed by atoms with Crippen molar-refractivity contribution in [2.75, 3.05) is 19.7 Å². The number of amides is 1.